The van der Waals surface area contributed by atoms with E-state index in [9.17, 15) is 0 Å². The SMILES string of the molecule is CC[Si]1(CC)C(c2ccccc2-c2nc3ccccc3s2)=C(c2ccccc2)C(c2ccccc2)=C1c1ccccc1-c1nc2ccccc2s1. The number of thiazole rings is 2. The third kappa shape index (κ3) is 5.27. The van der Waals surface area contributed by atoms with E-state index in [2.05, 4.69) is 172 Å². The van der Waals surface area contributed by atoms with Gasteiger partial charge in [-0.2, -0.15) is 0 Å². The van der Waals surface area contributed by atoms with Gasteiger partial charge in [0.1, 0.15) is 18.1 Å². The molecule has 0 unspecified atom stereocenters. The van der Waals surface area contributed by atoms with Crippen molar-refractivity contribution < 1.29 is 0 Å². The lowest BCUT2D eigenvalue weighted by Crippen LogP contribution is -2.35. The zero-order valence-electron chi connectivity index (χ0n) is 28.6. The molecule has 8 aromatic rings. The number of para-hydroxylation sites is 2. The Morgan fingerprint density at radius 1 is 0.412 bits per heavy atom. The zero-order chi connectivity index (χ0) is 34.4. The van der Waals surface area contributed by atoms with Crippen LogP contribution in [0.25, 0.3) is 63.1 Å². The average molecular weight is 709 g/mol. The molecule has 5 heteroatoms. The normalized spacial score (nSPS) is 14.2. The summed E-state index contributed by atoms with van der Waals surface area (Å²) < 4.78 is 2.43. The van der Waals surface area contributed by atoms with Crippen molar-refractivity contribution >= 4 is 72.7 Å². The smallest absolute Gasteiger partial charge is 0.125 e. The summed E-state index contributed by atoms with van der Waals surface area (Å²) in [5.74, 6) is 0. The van der Waals surface area contributed by atoms with Crippen LogP contribution in [0.3, 0.4) is 0 Å². The van der Waals surface area contributed by atoms with Crippen molar-refractivity contribution in [3.63, 3.8) is 0 Å². The first kappa shape index (κ1) is 31.8. The molecule has 2 nitrogen and oxygen atoms in total. The molecular weight excluding hydrogens is 673 g/mol. The number of hydrogen-bond donors (Lipinski definition) is 0. The molecule has 6 aromatic carbocycles. The number of hydrogen-bond acceptors (Lipinski definition) is 4. The molecule has 0 spiro atoms. The highest BCUT2D eigenvalue weighted by molar-refractivity contribution is 7.22. The van der Waals surface area contributed by atoms with Gasteiger partial charge in [0.2, 0.25) is 0 Å². The van der Waals surface area contributed by atoms with Crippen LogP contribution in [0.4, 0.5) is 0 Å². The third-order valence-electron chi connectivity index (χ3n) is 10.5. The van der Waals surface area contributed by atoms with Crippen LogP contribution >= 0.6 is 22.7 Å². The number of rotatable bonds is 8. The maximum absolute atomic E-state index is 5.23. The van der Waals surface area contributed by atoms with Crippen LogP contribution in [0.15, 0.2) is 158 Å². The maximum Gasteiger partial charge on any atom is 0.125 e. The molecular formula is C46H36N2S2Si. The van der Waals surface area contributed by atoms with E-state index in [1.54, 1.807) is 22.7 Å². The van der Waals surface area contributed by atoms with Gasteiger partial charge in [0.25, 0.3) is 0 Å². The molecule has 1 aliphatic rings. The standard InChI is InChI=1S/C46H36N2S2Si/c1-3-51(4-2)43(33-23-11-13-25-35(33)45-47-37-27-15-17-29-39(37)49-45)41(31-19-7-5-8-20-31)42(32-21-9-6-10-22-32)44(51)34-24-12-14-26-36(34)46-48-38-28-16-18-30-40(38)50-46/h5-30H,3-4H2,1-2H3. The van der Waals surface area contributed by atoms with Crippen molar-refractivity contribution in [1.29, 1.82) is 0 Å². The van der Waals surface area contributed by atoms with Gasteiger partial charge in [0, 0.05) is 11.1 Å². The van der Waals surface area contributed by atoms with Gasteiger partial charge in [-0.3, -0.25) is 0 Å². The average Bonchev–Trinajstić information content (AvgIpc) is 3.91. The van der Waals surface area contributed by atoms with Crippen LogP contribution < -0.4 is 0 Å². The van der Waals surface area contributed by atoms with E-state index in [-0.39, 0.29) is 0 Å². The fraction of sp³-hybridized carbons (Fsp3) is 0.0870. The highest BCUT2D eigenvalue weighted by Gasteiger charge is 2.49. The van der Waals surface area contributed by atoms with Crippen molar-refractivity contribution in [2.24, 2.45) is 0 Å². The zero-order valence-corrected chi connectivity index (χ0v) is 31.3. The van der Waals surface area contributed by atoms with E-state index >= 15 is 0 Å². The van der Waals surface area contributed by atoms with Crippen molar-refractivity contribution in [2.45, 2.75) is 25.9 Å². The minimum absolute atomic E-state index is 1.05. The predicted molar refractivity (Wildman–Crippen MR) is 223 cm³/mol. The van der Waals surface area contributed by atoms with Crippen LogP contribution in [0.1, 0.15) is 36.1 Å². The van der Waals surface area contributed by atoms with Crippen LogP contribution in [-0.4, -0.2) is 18.0 Å². The van der Waals surface area contributed by atoms with Gasteiger partial charge in [-0.25, -0.2) is 9.97 Å². The molecule has 0 amide bonds. The topological polar surface area (TPSA) is 25.8 Å². The highest BCUT2D eigenvalue weighted by atomic mass is 32.1. The van der Waals surface area contributed by atoms with Crippen LogP contribution in [0.5, 0.6) is 0 Å². The van der Waals surface area contributed by atoms with Gasteiger partial charge < -0.3 is 0 Å². The molecule has 9 rings (SSSR count). The Labute approximate surface area is 308 Å². The molecule has 0 radical (unpaired) electrons. The van der Waals surface area contributed by atoms with Crippen molar-refractivity contribution in [3.05, 3.63) is 180 Å². The Bertz CT molecular complexity index is 2360. The number of nitrogens with zero attached hydrogens (tertiary/aromatic N) is 2. The molecule has 0 saturated carbocycles. The van der Waals surface area contributed by atoms with E-state index in [1.807, 2.05) is 0 Å². The van der Waals surface area contributed by atoms with Gasteiger partial charge in [0.05, 0.1) is 20.4 Å². The molecule has 3 heterocycles. The summed E-state index contributed by atoms with van der Waals surface area (Å²) in [5, 5.41) is 5.18. The first-order valence-corrected chi connectivity index (χ1v) is 21.8. The molecule has 1 aliphatic heterocycles. The molecule has 0 N–H and O–H groups in total. The van der Waals surface area contributed by atoms with Crippen molar-refractivity contribution in [2.75, 3.05) is 0 Å². The van der Waals surface area contributed by atoms with Crippen LogP contribution in [-0.2, 0) is 0 Å². The second-order valence-electron chi connectivity index (χ2n) is 13.1. The Hall–Kier alpha value is -5.20. The highest BCUT2D eigenvalue weighted by Crippen LogP contribution is 2.60. The lowest BCUT2D eigenvalue weighted by molar-refractivity contribution is 1.30. The molecule has 0 bridgehead atoms. The second kappa shape index (κ2) is 13.2. The number of aromatic nitrogens is 2. The lowest BCUT2D eigenvalue weighted by atomic mass is 9.88. The first-order valence-electron chi connectivity index (χ1n) is 17.7. The monoisotopic (exact) mass is 708 g/mol. The van der Waals surface area contributed by atoms with E-state index in [0.29, 0.717) is 0 Å². The molecule has 0 aliphatic carbocycles. The van der Waals surface area contributed by atoms with E-state index in [4.69, 9.17) is 9.97 Å². The largest absolute Gasteiger partial charge is 0.236 e. The summed E-state index contributed by atoms with van der Waals surface area (Å²) in [6.45, 7) is 4.87. The lowest BCUT2D eigenvalue weighted by Gasteiger charge is -2.34. The molecule has 0 atom stereocenters. The van der Waals surface area contributed by atoms with Gasteiger partial charge in [-0.1, -0.05) is 159 Å². The molecule has 0 saturated heterocycles. The van der Waals surface area contributed by atoms with E-state index < -0.39 is 8.07 Å². The fourth-order valence-electron chi connectivity index (χ4n) is 8.13. The summed E-state index contributed by atoms with van der Waals surface area (Å²) in [7, 11) is -2.51. The third-order valence-corrected chi connectivity index (χ3v) is 18.0. The Morgan fingerprint density at radius 2 is 0.765 bits per heavy atom. The minimum Gasteiger partial charge on any atom is -0.236 e. The van der Waals surface area contributed by atoms with Crippen LogP contribution in [0.2, 0.25) is 12.1 Å². The van der Waals surface area contributed by atoms with Crippen molar-refractivity contribution in [1.82, 2.24) is 9.97 Å². The molecule has 51 heavy (non-hydrogen) atoms. The Balaban J connectivity index is 1.40. The minimum atomic E-state index is -2.51. The fourth-order valence-corrected chi connectivity index (χ4v) is 15.3. The Kier molecular flexibility index (Phi) is 8.20. The summed E-state index contributed by atoms with van der Waals surface area (Å²) in [5.41, 5.74) is 12.4. The van der Waals surface area contributed by atoms with E-state index in [0.717, 1.165) is 33.1 Å². The number of allylic oxidation sites excluding steroid dienone is 2. The van der Waals surface area contributed by atoms with Gasteiger partial charge >= 0.3 is 0 Å². The van der Waals surface area contributed by atoms with Gasteiger partial charge in [-0.05, 0) is 68.1 Å². The first-order chi connectivity index (χ1) is 25.2. The Morgan fingerprint density at radius 3 is 1.16 bits per heavy atom. The van der Waals surface area contributed by atoms with E-state index in [1.165, 1.54) is 64.3 Å². The predicted octanol–water partition coefficient (Wildman–Crippen LogP) is 13.3. The second-order valence-corrected chi connectivity index (χ2v) is 19.7. The summed E-state index contributed by atoms with van der Waals surface area (Å²) >= 11 is 3.59. The van der Waals surface area contributed by atoms with Gasteiger partial charge in [0.15, 0.2) is 0 Å². The summed E-state index contributed by atoms with van der Waals surface area (Å²) in [4.78, 5) is 10.5. The van der Waals surface area contributed by atoms with Crippen molar-refractivity contribution in [3.8, 4) is 21.1 Å². The molecule has 2 aromatic heterocycles. The number of benzene rings is 6. The van der Waals surface area contributed by atoms with Gasteiger partial charge in [-0.15, -0.1) is 22.7 Å². The number of fused-ring (bicyclic) bond motifs is 2. The molecule has 246 valence electrons. The maximum atomic E-state index is 5.23. The van der Waals surface area contributed by atoms with Crippen LogP contribution in [0, 0.1) is 0 Å². The quantitative estimate of drug-likeness (QED) is 0.147. The summed E-state index contributed by atoms with van der Waals surface area (Å²) in [6, 6.07) is 59.6. The molecule has 0 fully saturated rings. The summed E-state index contributed by atoms with van der Waals surface area (Å²) in [6.07, 6.45) is 0.